The largest absolute Gasteiger partial charge is 0.355 e. The van der Waals surface area contributed by atoms with Gasteiger partial charge in [0.05, 0.1) is 6.54 Å². The van der Waals surface area contributed by atoms with Crippen LogP contribution in [0.15, 0.2) is 24.3 Å². The summed E-state index contributed by atoms with van der Waals surface area (Å²) in [6, 6.07) is 6.29. The highest BCUT2D eigenvalue weighted by Gasteiger charge is 2.14. The van der Waals surface area contributed by atoms with E-state index in [-0.39, 0.29) is 18.9 Å². The Labute approximate surface area is 118 Å². The number of hydrogen-bond acceptors (Lipinski definition) is 3. The minimum Gasteiger partial charge on any atom is -0.355 e. The lowest BCUT2D eigenvalue weighted by Gasteiger charge is -2.12. The van der Waals surface area contributed by atoms with Crippen LogP contribution >= 0.6 is 0 Å². The van der Waals surface area contributed by atoms with E-state index < -0.39 is 16.1 Å². The summed E-state index contributed by atoms with van der Waals surface area (Å²) in [6.45, 7) is -0.110. The molecule has 0 saturated carbocycles. The van der Waals surface area contributed by atoms with Crippen LogP contribution in [0.2, 0.25) is 0 Å². The van der Waals surface area contributed by atoms with Crippen LogP contribution in [0.25, 0.3) is 0 Å². The number of halogens is 1. The Balaban J connectivity index is 2.33. The first kappa shape index (κ1) is 16.5. The van der Waals surface area contributed by atoms with Crippen LogP contribution in [0.1, 0.15) is 5.56 Å². The quantitative estimate of drug-likeness (QED) is 0.737. The summed E-state index contributed by atoms with van der Waals surface area (Å²) in [5.74, 6) is -0.790. The molecule has 0 radical (unpaired) electrons. The Morgan fingerprint density at radius 1 is 1.30 bits per heavy atom. The van der Waals surface area contributed by atoms with Gasteiger partial charge in [-0.1, -0.05) is 18.2 Å². The Morgan fingerprint density at radius 2 is 1.95 bits per heavy atom. The van der Waals surface area contributed by atoms with Crippen LogP contribution in [-0.2, 0) is 21.4 Å². The molecule has 0 aromatic heterocycles. The predicted octanol–water partition coefficient (Wildman–Crippen LogP) is -0.120. The highest BCUT2D eigenvalue weighted by atomic mass is 32.2. The molecular formula is C12H18FN3O3S. The summed E-state index contributed by atoms with van der Waals surface area (Å²) in [4.78, 5) is 11.4. The second kappa shape index (κ2) is 7.32. The maximum atomic E-state index is 13.3. The third kappa shape index (κ3) is 5.24. The van der Waals surface area contributed by atoms with E-state index in [4.69, 9.17) is 0 Å². The standard InChI is InChI=1S/C12H18FN3O3S/c1-16(2)20(18,19)15-9-12(17)14-8-7-10-5-3-4-6-11(10)13/h3-6,15H,7-9H2,1-2H3,(H,14,17). The van der Waals surface area contributed by atoms with Crippen molar-refractivity contribution in [2.24, 2.45) is 0 Å². The summed E-state index contributed by atoms with van der Waals surface area (Å²) >= 11 is 0. The zero-order chi connectivity index (χ0) is 15.2. The lowest BCUT2D eigenvalue weighted by molar-refractivity contribution is -0.119. The fourth-order valence-electron chi connectivity index (χ4n) is 1.39. The zero-order valence-electron chi connectivity index (χ0n) is 11.4. The molecule has 0 unspecified atom stereocenters. The normalized spacial score (nSPS) is 11.6. The Hall–Kier alpha value is -1.51. The highest BCUT2D eigenvalue weighted by molar-refractivity contribution is 7.87. The van der Waals surface area contributed by atoms with E-state index in [1.807, 2.05) is 0 Å². The van der Waals surface area contributed by atoms with Gasteiger partial charge in [0.2, 0.25) is 5.91 Å². The van der Waals surface area contributed by atoms with Gasteiger partial charge in [0.1, 0.15) is 5.82 Å². The van der Waals surface area contributed by atoms with Crippen molar-refractivity contribution in [2.75, 3.05) is 27.2 Å². The van der Waals surface area contributed by atoms with Gasteiger partial charge in [0, 0.05) is 20.6 Å². The summed E-state index contributed by atoms with van der Waals surface area (Å²) in [5, 5.41) is 2.52. The van der Waals surface area contributed by atoms with E-state index in [0.29, 0.717) is 12.0 Å². The predicted molar refractivity (Wildman–Crippen MR) is 73.7 cm³/mol. The average molecular weight is 303 g/mol. The van der Waals surface area contributed by atoms with E-state index >= 15 is 0 Å². The Morgan fingerprint density at radius 3 is 2.55 bits per heavy atom. The average Bonchev–Trinajstić information content (AvgIpc) is 2.38. The van der Waals surface area contributed by atoms with Gasteiger partial charge in [-0.15, -0.1) is 0 Å². The van der Waals surface area contributed by atoms with Gasteiger partial charge < -0.3 is 5.32 Å². The van der Waals surface area contributed by atoms with Gasteiger partial charge >= 0.3 is 0 Å². The van der Waals surface area contributed by atoms with Crippen LogP contribution in [0.3, 0.4) is 0 Å². The first-order valence-electron chi connectivity index (χ1n) is 6.00. The van der Waals surface area contributed by atoms with Gasteiger partial charge in [-0.25, -0.2) is 4.39 Å². The molecule has 0 heterocycles. The Bertz CT molecular complexity index is 561. The van der Waals surface area contributed by atoms with Gasteiger partial charge in [0.15, 0.2) is 0 Å². The maximum Gasteiger partial charge on any atom is 0.279 e. The van der Waals surface area contributed by atoms with Crippen LogP contribution in [-0.4, -0.2) is 45.8 Å². The zero-order valence-corrected chi connectivity index (χ0v) is 12.2. The number of amides is 1. The summed E-state index contributed by atoms with van der Waals surface area (Å²) < 4.78 is 39.1. The first-order valence-corrected chi connectivity index (χ1v) is 7.44. The lowest BCUT2D eigenvalue weighted by atomic mass is 10.1. The lowest BCUT2D eigenvalue weighted by Crippen LogP contribution is -2.42. The van der Waals surface area contributed by atoms with Crippen molar-refractivity contribution in [1.29, 1.82) is 0 Å². The molecule has 112 valence electrons. The maximum absolute atomic E-state index is 13.3. The third-order valence-corrected chi connectivity index (χ3v) is 4.04. The van der Waals surface area contributed by atoms with E-state index in [0.717, 1.165) is 4.31 Å². The fourth-order valence-corrected chi connectivity index (χ4v) is 1.96. The van der Waals surface area contributed by atoms with Crippen molar-refractivity contribution in [3.05, 3.63) is 35.6 Å². The van der Waals surface area contributed by atoms with Crippen LogP contribution in [0.5, 0.6) is 0 Å². The molecule has 0 aliphatic heterocycles. The van der Waals surface area contributed by atoms with Gasteiger partial charge in [-0.05, 0) is 18.1 Å². The molecule has 8 heteroatoms. The third-order valence-electron chi connectivity index (χ3n) is 2.57. The van der Waals surface area contributed by atoms with Gasteiger partial charge in [-0.3, -0.25) is 4.79 Å². The van der Waals surface area contributed by atoms with E-state index in [1.54, 1.807) is 18.2 Å². The van der Waals surface area contributed by atoms with E-state index in [9.17, 15) is 17.6 Å². The molecular weight excluding hydrogens is 285 g/mol. The minimum absolute atomic E-state index is 0.240. The smallest absolute Gasteiger partial charge is 0.279 e. The van der Waals surface area contributed by atoms with Crippen molar-refractivity contribution in [3.63, 3.8) is 0 Å². The molecule has 6 nitrogen and oxygen atoms in total. The fraction of sp³-hybridized carbons (Fsp3) is 0.417. The van der Waals surface area contributed by atoms with Crippen LogP contribution in [0, 0.1) is 5.82 Å². The molecule has 20 heavy (non-hydrogen) atoms. The number of carbonyl (C=O) groups excluding carboxylic acids is 1. The molecule has 1 aromatic carbocycles. The molecule has 1 rings (SSSR count). The van der Waals surface area contributed by atoms with E-state index in [2.05, 4.69) is 10.0 Å². The van der Waals surface area contributed by atoms with Crippen molar-refractivity contribution in [2.45, 2.75) is 6.42 Å². The minimum atomic E-state index is -3.61. The summed E-state index contributed by atoms with van der Waals surface area (Å²) in [7, 11) is -0.896. The first-order chi connectivity index (χ1) is 9.33. The SMILES string of the molecule is CN(C)S(=O)(=O)NCC(=O)NCCc1ccccc1F. The Kier molecular flexibility index (Phi) is 6.05. The van der Waals surface area contributed by atoms with Gasteiger partial charge in [-0.2, -0.15) is 17.4 Å². The highest BCUT2D eigenvalue weighted by Crippen LogP contribution is 2.05. The molecule has 1 amide bonds. The van der Waals surface area contributed by atoms with Crippen molar-refractivity contribution in [3.8, 4) is 0 Å². The second-order valence-electron chi connectivity index (χ2n) is 4.30. The molecule has 0 atom stereocenters. The van der Waals surface area contributed by atoms with Gasteiger partial charge in [0.25, 0.3) is 10.2 Å². The topological polar surface area (TPSA) is 78.5 Å². The molecule has 0 saturated heterocycles. The molecule has 0 spiro atoms. The molecule has 0 fully saturated rings. The summed E-state index contributed by atoms with van der Waals surface area (Å²) in [5.41, 5.74) is 0.502. The monoisotopic (exact) mass is 303 g/mol. The van der Waals surface area contributed by atoms with Crippen molar-refractivity contribution < 1.29 is 17.6 Å². The van der Waals surface area contributed by atoms with E-state index in [1.165, 1.54) is 20.2 Å². The van der Waals surface area contributed by atoms with Crippen molar-refractivity contribution in [1.82, 2.24) is 14.3 Å². The number of rotatable bonds is 7. The molecule has 0 bridgehead atoms. The molecule has 0 aliphatic carbocycles. The summed E-state index contributed by atoms with van der Waals surface area (Å²) in [6.07, 6.45) is 0.346. The van der Waals surface area contributed by atoms with Crippen LogP contribution in [0.4, 0.5) is 4.39 Å². The number of benzene rings is 1. The number of nitrogens with zero attached hydrogens (tertiary/aromatic N) is 1. The van der Waals surface area contributed by atoms with Crippen LogP contribution < -0.4 is 10.0 Å². The number of nitrogens with one attached hydrogen (secondary N) is 2. The second-order valence-corrected chi connectivity index (χ2v) is 6.27. The molecule has 0 aliphatic rings. The van der Waals surface area contributed by atoms with Crippen molar-refractivity contribution >= 4 is 16.1 Å². The molecule has 2 N–H and O–H groups in total. The number of carbonyl (C=O) groups is 1. The number of hydrogen-bond donors (Lipinski definition) is 2. The molecule has 1 aromatic rings.